The monoisotopic (exact) mass is 219 g/mol. The molecule has 0 saturated heterocycles. The summed E-state index contributed by atoms with van der Waals surface area (Å²) >= 11 is 1.52. The van der Waals surface area contributed by atoms with Crippen LogP contribution in [0.5, 0.6) is 0 Å². The summed E-state index contributed by atoms with van der Waals surface area (Å²) in [5.41, 5.74) is 4.32. The lowest BCUT2D eigenvalue weighted by Gasteiger charge is -2.15. The largest absolute Gasteiger partial charge is 0.354 e. The van der Waals surface area contributed by atoms with Crippen molar-refractivity contribution in [1.82, 2.24) is 10.2 Å². The second-order valence-corrected chi connectivity index (χ2v) is 4.30. The highest BCUT2D eigenvalue weighted by atomic mass is 32.1. The predicted octanol–water partition coefficient (Wildman–Crippen LogP) is 3.02. The van der Waals surface area contributed by atoms with E-state index in [1.807, 2.05) is 0 Å². The molecule has 1 unspecified atom stereocenters. The van der Waals surface area contributed by atoms with Crippen molar-refractivity contribution in [3.63, 3.8) is 0 Å². The maximum Gasteiger partial charge on any atom is 0.205 e. The second kappa shape index (κ2) is 4.40. The lowest BCUT2D eigenvalue weighted by Crippen LogP contribution is -2.07. The molecule has 1 aromatic carbocycles. The van der Waals surface area contributed by atoms with Gasteiger partial charge in [0, 0.05) is 0 Å². The molecule has 0 aliphatic carbocycles. The Hall–Kier alpha value is -1.42. The van der Waals surface area contributed by atoms with Crippen LogP contribution in [0.1, 0.15) is 24.1 Å². The standard InChI is InChI=1S/C11H13N3S/c1-8-5-3-4-6-10(8)9(2)13-11-14-12-7-15-11/h3-7,9H,1-2H3,(H,13,14). The van der Waals surface area contributed by atoms with Crippen molar-refractivity contribution in [2.75, 3.05) is 5.32 Å². The highest BCUT2D eigenvalue weighted by molar-refractivity contribution is 7.13. The van der Waals surface area contributed by atoms with E-state index in [4.69, 9.17) is 0 Å². The summed E-state index contributed by atoms with van der Waals surface area (Å²) in [4.78, 5) is 0. The van der Waals surface area contributed by atoms with Crippen molar-refractivity contribution in [3.8, 4) is 0 Å². The topological polar surface area (TPSA) is 37.8 Å². The number of nitrogens with one attached hydrogen (secondary N) is 1. The first-order valence-corrected chi connectivity index (χ1v) is 5.73. The minimum atomic E-state index is 0.263. The first kappa shape index (κ1) is 10.1. The molecule has 78 valence electrons. The molecule has 2 aromatic rings. The van der Waals surface area contributed by atoms with Crippen molar-refractivity contribution in [1.29, 1.82) is 0 Å². The van der Waals surface area contributed by atoms with Gasteiger partial charge in [-0.25, -0.2) is 0 Å². The molecule has 0 bridgehead atoms. The van der Waals surface area contributed by atoms with Crippen molar-refractivity contribution >= 4 is 16.5 Å². The fraction of sp³-hybridized carbons (Fsp3) is 0.273. The second-order valence-electron chi connectivity index (χ2n) is 3.47. The first-order chi connectivity index (χ1) is 7.27. The number of anilines is 1. The highest BCUT2D eigenvalue weighted by Crippen LogP contribution is 2.22. The summed E-state index contributed by atoms with van der Waals surface area (Å²) in [7, 11) is 0. The van der Waals surface area contributed by atoms with Gasteiger partial charge in [0.2, 0.25) is 5.13 Å². The molecule has 1 aromatic heterocycles. The summed E-state index contributed by atoms with van der Waals surface area (Å²) in [6.45, 7) is 4.25. The third-order valence-electron chi connectivity index (χ3n) is 2.35. The minimum Gasteiger partial charge on any atom is -0.354 e. The summed E-state index contributed by atoms with van der Waals surface area (Å²) in [6, 6.07) is 8.62. The Balaban J connectivity index is 2.15. The van der Waals surface area contributed by atoms with Gasteiger partial charge in [-0.2, -0.15) is 0 Å². The van der Waals surface area contributed by atoms with Gasteiger partial charge in [-0.15, -0.1) is 10.2 Å². The Morgan fingerprint density at radius 1 is 1.33 bits per heavy atom. The zero-order chi connectivity index (χ0) is 10.7. The molecular weight excluding hydrogens is 206 g/mol. The van der Waals surface area contributed by atoms with Gasteiger partial charge < -0.3 is 5.32 Å². The SMILES string of the molecule is Cc1ccccc1C(C)Nc1nncs1. The lowest BCUT2D eigenvalue weighted by molar-refractivity contribution is 0.864. The molecule has 2 rings (SSSR count). The van der Waals surface area contributed by atoms with Gasteiger partial charge in [-0.05, 0) is 25.0 Å². The Labute approximate surface area is 93.2 Å². The molecule has 0 amide bonds. The molecule has 15 heavy (non-hydrogen) atoms. The Morgan fingerprint density at radius 2 is 2.13 bits per heavy atom. The maximum absolute atomic E-state index is 3.97. The van der Waals surface area contributed by atoms with Gasteiger partial charge in [-0.3, -0.25) is 0 Å². The Kier molecular flexibility index (Phi) is 2.97. The van der Waals surface area contributed by atoms with E-state index in [-0.39, 0.29) is 6.04 Å². The highest BCUT2D eigenvalue weighted by Gasteiger charge is 2.08. The molecule has 0 saturated carbocycles. The lowest BCUT2D eigenvalue weighted by atomic mass is 10.0. The first-order valence-electron chi connectivity index (χ1n) is 4.85. The zero-order valence-electron chi connectivity index (χ0n) is 8.77. The molecule has 0 aliphatic heterocycles. The van der Waals surface area contributed by atoms with Crippen LogP contribution in [0.3, 0.4) is 0 Å². The number of aromatic nitrogens is 2. The predicted molar refractivity (Wildman–Crippen MR) is 63.1 cm³/mol. The van der Waals surface area contributed by atoms with Crippen LogP contribution >= 0.6 is 11.3 Å². The molecule has 0 spiro atoms. The third-order valence-corrected chi connectivity index (χ3v) is 2.98. The van der Waals surface area contributed by atoms with E-state index in [2.05, 4.69) is 53.6 Å². The van der Waals surface area contributed by atoms with E-state index in [0.29, 0.717) is 0 Å². The normalized spacial score (nSPS) is 12.4. The van der Waals surface area contributed by atoms with Crippen molar-refractivity contribution in [2.45, 2.75) is 19.9 Å². The van der Waals surface area contributed by atoms with Crippen LogP contribution in [0.25, 0.3) is 0 Å². The Bertz CT molecular complexity index is 425. The van der Waals surface area contributed by atoms with Crippen molar-refractivity contribution in [2.24, 2.45) is 0 Å². The maximum atomic E-state index is 3.97. The number of hydrogen-bond acceptors (Lipinski definition) is 4. The molecule has 0 fully saturated rings. The number of nitrogens with zero attached hydrogens (tertiary/aromatic N) is 2. The van der Waals surface area contributed by atoms with Crippen LogP contribution in [-0.4, -0.2) is 10.2 Å². The van der Waals surface area contributed by atoms with E-state index < -0.39 is 0 Å². The quantitative estimate of drug-likeness (QED) is 0.862. The molecule has 1 heterocycles. The number of aryl methyl sites for hydroxylation is 1. The number of rotatable bonds is 3. The summed E-state index contributed by atoms with van der Waals surface area (Å²) in [5, 5.41) is 12.0. The van der Waals surface area contributed by atoms with Crippen LogP contribution in [0.2, 0.25) is 0 Å². The van der Waals surface area contributed by atoms with Crippen LogP contribution in [-0.2, 0) is 0 Å². The molecular formula is C11H13N3S. The van der Waals surface area contributed by atoms with Crippen LogP contribution in [0, 0.1) is 6.92 Å². The van der Waals surface area contributed by atoms with E-state index >= 15 is 0 Å². The van der Waals surface area contributed by atoms with Crippen LogP contribution in [0.4, 0.5) is 5.13 Å². The van der Waals surface area contributed by atoms with E-state index in [0.717, 1.165) is 5.13 Å². The summed E-state index contributed by atoms with van der Waals surface area (Å²) in [6.07, 6.45) is 0. The van der Waals surface area contributed by atoms with Gasteiger partial charge in [0.1, 0.15) is 5.51 Å². The smallest absolute Gasteiger partial charge is 0.205 e. The number of benzene rings is 1. The van der Waals surface area contributed by atoms with Crippen molar-refractivity contribution in [3.05, 3.63) is 40.9 Å². The van der Waals surface area contributed by atoms with Crippen LogP contribution < -0.4 is 5.32 Å². The average Bonchev–Trinajstić information content (AvgIpc) is 2.71. The summed E-state index contributed by atoms with van der Waals surface area (Å²) in [5.74, 6) is 0. The average molecular weight is 219 g/mol. The van der Waals surface area contributed by atoms with Gasteiger partial charge in [-0.1, -0.05) is 35.6 Å². The molecule has 3 nitrogen and oxygen atoms in total. The third kappa shape index (κ3) is 2.33. The van der Waals surface area contributed by atoms with Crippen molar-refractivity contribution < 1.29 is 0 Å². The fourth-order valence-corrected chi connectivity index (χ4v) is 2.10. The van der Waals surface area contributed by atoms with E-state index in [1.165, 1.54) is 22.5 Å². The molecule has 1 N–H and O–H groups in total. The van der Waals surface area contributed by atoms with Gasteiger partial charge in [0.25, 0.3) is 0 Å². The zero-order valence-corrected chi connectivity index (χ0v) is 9.58. The van der Waals surface area contributed by atoms with E-state index in [9.17, 15) is 0 Å². The van der Waals surface area contributed by atoms with Gasteiger partial charge in [0.15, 0.2) is 0 Å². The molecule has 4 heteroatoms. The van der Waals surface area contributed by atoms with E-state index in [1.54, 1.807) is 5.51 Å². The molecule has 0 radical (unpaired) electrons. The Morgan fingerprint density at radius 3 is 2.80 bits per heavy atom. The number of hydrogen-bond donors (Lipinski definition) is 1. The van der Waals surface area contributed by atoms with Gasteiger partial charge >= 0.3 is 0 Å². The molecule has 1 atom stereocenters. The minimum absolute atomic E-state index is 0.263. The molecule has 0 aliphatic rings. The van der Waals surface area contributed by atoms with Gasteiger partial charge in [0.05, 0.1) is 6.04 Å². The fourth-order valence-electron chi connectivity index (χ4n) is 1.57. The van der Waals surface area contributed by atoms with Crippen LogP contribution in [0.15, 0.2) is 29.8 Å². The summed E-state index contributed by atoms with van der Waals surface area (Å²) < 4.78 is 0.